The maximum Gasteiger partial charge on any atom is 0.0717 e. The molecule has 1 aromatic rings. The van der Waals surface area contributed by atoms with Crippen molar-refractivity contribution in [3.63, 3.8) is 0 Å². The molecule has 2 heteroatoms. The van der Waals surface area contributed by atoms with Crippen LogP contribution in [0, 0.1) is 11.3 Å². The zero-order valence-corrected chi connectivity index (χ0v) is 10.7. The second kappa shape index (κ2) is 4.67. The molecule has 1 fully saturated rings. The summed E-state index contributed by atoms with van der Waals surface area (Å²) in [7, 11) is 0. The maximum absolute atomic E-state index is 5.78. The van der Waals surface area contributed by atoms with E-state index in [0.717, 1.165) is 24.5 Å². The van der Waals surface area contributed by atoms with Crippen molar-refractivity contribution >= 4 is 15.9 Å². The van der Waals surface area contributed by atoms with Crippen LogP contribution in [0.4, 0.5) is 0 Å². The van der Waals surface area contributed by atoms with Crippen molar-refractivity contribution in [3.8, 4) is 0 Å². The summed E-state index contributed by atoms with van der Waals surface area (Å²) in [4.78, 5) is 0. The molecule has 0 heterocycles. The molecular weight excluding hydrogens is 252 g/mol. The first-order valence-corrected chi connectivity index (χ1v) is 6.57. The molecule has 0 N–H and O–H groups in total. The summed E-state index contributed by atoms with van der Waals surface area (Å²) in [6.45, 7) is 3.92. The van der Waals surface area contributed by atoms with Crippen molar-refractivity contribution in [1.29, 1.82) is 0 Å². The van der Waals surface area contributed by atoms with E-state index >= 15 is 0 Å². The lowest BCUT2D eigenvalue weighted by Crippen LogP contribution is -2.14. The minimum atomic E-state index is 0.425. The number of alkyl halides is 1. The monoisotopic (exact) mass is 268 g/mol. The highest BCUT2D eigenvalue weighted by molar-refractivity contribution is 9.09. The van der Waals surface area contributed by atoms with Gasteiger partial charge in [0.1, 0.15) is 0 Å². The van der Waals surface area contributed by atoms with Gasteiger partial charge in [-0.1, -0.05) is 53.2 Å². The van der Waals surface area contributed by atoms with E-state index in [9.17, 15) is 0 Å². The Bertz CT molecular complexity index is 308. The quantitative estimate of drug-likeness (QED) is 0.742. The Hall–Kier alpha value is -0.340. The Morgan fingerprint density at radius 1 is 1.40 bits per heavy atom. The third kappa shape index (κ3) is 2.61. The SMILES string of the molecule is CC1CC1(CBr)COCc1ccccc1. The number of benzene rings is 1. The number of ether oxygens (including phenoxy) is 1. The van der Waals surface area contributed by atoms with E-state index in [1.165, 1.54) is 12.0 Å². The van der Waals surface area contributed by atoms with Gasteiger partial charge in [0.2, 0.25) is 0 Å². The van der Waals surface area contributed by atoms with Gasteiger partial charge in [0.15, 0.2) is 0 Å². The molecule has 0 aliphatic heterocycles. The van der Waals surface area contributed by atoms with Gasteiger partial charge >= 0.3 is 0 Å². The molecule has 0 saturated heterocycles. The fourth-order valence-corrected chi connectivity index (χ4v) is 2.87. The zero-order valence-electron chi connectivity index (χ0n) is 9.08. The molecule has 2 atom stereocenters. The number of halogens is 1. The minimum Gasteiger partial charge on any atom is -0.376 e. The van der Waals surface area contributed by atoms with E-state index in [1.54, 1.807) is 0 Å². The van der Waals surface area contributed by atoms with Crippen LogP contribution in [0.1, 0.15) is 18.9 Å². The van der Waals surface area contributed by atoms with Gasteiger partial charge in [0.25, 0.3) is 0 Å². The van der Waals surface area contributed by atoms with Crippen molar-refractivity contribution in [2.75, 3.05) is 11.9 Å². The Morgan fingerprint density at radius 2 is 2.07 bits per heavy atom. The first kappa shape index (κ1) is 11.2. The highest BCUT2D eigenvalue weighted by atomic mass is 79.9. The van der Waals surface area contributed by atoms with Crippen LogP contribution in [-0.4, -0.2) is 11.9 Å². The van der Waals surface area contributed by atoms with Crippen LogP contribution in [-0.2, 0) is 11.3 Å². The Balaban J connectivity index is 1.76. The van der Waals surface area contributed by atoms with Gasteiger partial charge in [-0.2, -0.15) is 0 Å². The Kier molecular flexibility index (Phi) is 3.47. The molecule has 2 unspecified atom stereocenters. The molecule has 1 saturated carbocycles. The third-order valence-electron chi connectivity index (χ3n) is 3.37. The van der Waals surface area contributed by atoms with Crippen LogP contribution in [0.25, 0.3) is 0 Å². The minimum absolute atomic E-state index is 0.425. The summed E-state index contributed by atoms with van der Waals surface area (Å²) in [6.07, 6.45) is 1.30. The molecule has 0 bridgehead atoms. The van der Waals surface area contributed by atoms with Crippen molar-refractivity contribution in [2.45, 2.75) is 20.0 Å². The molecule has 1 aliphatic carbocycles. The fourth-order valence-electron chi connectivity index (χ4n) is 1.92. The standard InChI is InChI=1S/C13H17BrO/c1-11-7-13(11,9-14)10-15-8-12-5-3-2-4-6-12/h2-6,11H,7-10H2,1H3. The maximum atomic E-state index is 5.78. The molecule has 0 aromatic heterocycles. The molecule has 0 radical (unpaired) electrons. The van der Waals surface area contributed by atoms with E-state index in [-0.39, 0.29) is 0 Å². The van der Waals surface area contributed by atoms with Crippen LogP contribution in [0.5, 0.6) is 0 Å². The summed E-state index contributed by atoms with van der Waals surface area (Å²) in [5.41, 5.74) is 1.69. The van der Waals surface area contributed by atoms with Gasteiger partial charge in [-0.3, -0.25) is 0 Å². The first-order valence-electron chi connectivity index (χ1n) is 5.44. The van der Waals surface area contributed by atoms with Gasteiger partial charge in [-0.15, -0.1) is 0 Å². The van der Waals surface area contributed by atoms with Crippen molar-refractivity contribution in [3.05, 3.63) is 35.9 Å². The molecule has 1 aromatic carbocycles. The van der Waals surface area contributed by atoms with E-state index in [1.807, 2.05) is 6.07 Å². The Labute approximate surface area is 100.0 Å². The van der Waals surface area contributed by atoms with Crippen LogP contribution in [0.15, 0.2) is 30.3 Å². The van der Waals surface area contributed by atoms with Gasteiger partial charge < -0.3 is 4.74 Å². The largest absolute Gasteiger partial charge is 0.376 e. The highest BCUT2D eigenvalue weighted by Crippen LogP contribution is 2.53. The van der Waals surface area contributed by atoms with Gasteiger partial charge in [-0.05, 0) is 17.9 Å². The third-order valence-corrected chi connectivity index (χ3v) is 4.48. The molecule has 2 rings (SSSR count). The number of hydrogen-bond donors (Lipinski definition) is 0. The predicted molar refractivity (Wildman–Crippen MR) is 66.1 cm³/mol. The van der Waals surface area contributed by atoms with E-state index in [2.05, 4.69) is 47.1 Å². The second-order valence-electron chi connectivity index (χ2n) is 4.58. The normalized spacial score (nSPS) is 29.1. The van der Waals surface area contributed by atoms with E-state index in [4.69, 9.17) is 4.74 Å². The van der Waals surface area contributed by atoms with Crippen LogP contribution < -0.4 is 0 Å². The second-order valence-corrected chi connectivity index (χ2v) is 5.14. The smallest absolute Gasteiger partial charge is 0.0717 e. The molecule has 1 aliphatic rings. The predicted octanol–water partition coefficient (Wildman–Crippen LogP) is 3.62. The lowest BCUT2D eigenvalue weighted by molar-refractivity contribution is 0.0814. The average molecular weight is 269 g/mol. The highest BCUT2D eigenvalue weighted by Gasteiger charge is 2.50. The lowest BCUT2D eigenvalue weighted by atomic mass is 10.1. The molecule has 0 amide bonds. The van der Waals surface area contributed by atoms with Crippen LogP contribution in [0.3, 0.4) is 0 Å². The Morgan fingerprint density at radius 3 is 2.60 bits per heavy atom. The summed E-state index contributed by atoms with van der Waals surface area (Å²) in [6, 6.07) is 10.4. The van der Waals surface area contributed by atoms with Crippen molar-refractivity contribution < 1.29 is 4.74 Å². The van der Waals surface area contributed by atoms with E-state index < -0.39 is 0 Å². The van der Waals surface area contributed by atoms with Crippen molar-refractivity contribution in [2.24, 2.45) is 11.3 Å². The molecular formula is C13H17BrO. The van der Waals surface area contributed by atoms with Crippen molar-refractivity contribution in [1.82, 2.24) is 0 Å². The summed E-state index contributed by atoms with van der Waals surface area (Å²) in [5.74, 6) is 0.813. The van der Waals surface area contributed by atoms with Gasteiger partial charge in [-0.25, -0.2) is 0 Å². The van der Waals surface area contributed by atoms with Crippen LogP contribution >= 0.6 is 15.9 Å². The fraction of sp³-hybridized carbons (Fsp3) is 0.538. The number of rotatable bonds is 5. The molecule has 1 nitrogen and oxygen atoms in total. The van der Waals surface area contributed by atoms with E-state index in [0.29, 0.717) is 5.41 Å². The molecule has 0 spiro atoms. The zero-order chi connectivity index (χ0) is 10.7. The van der Waals surface area contributed by atoms with Crippen LogP contribution in [0.2, 0.25) is 0 Å². The van der Waals surface area contributed by atoms with Gasteiger partial charge in [0.05, 0.1) is 13.2 Å². The molecule has 15 heavy (non-hydrogen) atoms. The average Bonchev–Trinajstić information content (AvgIpc) is 2.92. The summed E-state index contributed by atoms with van der Waals surface area (Å²) in [5, 5.41) is 1.07. The number of hydrogen-bond acceptors (Lipinski definition) is 1. The summed E-state index contributed by atoms with van der Waals surface area (Å²) >= 11 is 3.58. The molecule has 82 valence electrons. The topological polar surface area (TPSA) is 9.23 Å². The lowest BCUT2D eigenvalue weighted by Gasteiger charge is -2.13. The first-order chi connectivity index (χ1) is 7.27. The van der Waals surface area contributed by atoms with Gasteiger partial charge in [0, 0.05) is 10.7 Å². The summed E-state index contributed by atoms with van der Waals surface area (Å²) < 4.78 is 5.78.